The lowest BCUT2D eigenvalue weighted by Crippen LogP contribution is -2.26. The Hall–Kier alpha value is -3.58. The highest BCUT2D eigenvalue weighted by atomic mass is 32.1. The molecule has 0 radical (unpaired) electrons. The Morgan fingerprint density at radius 3 is 2.68 bits per heavy atom. The second kappa shape index (κ2) is 7.92. The molecular formula is C24H21N5OS. The van der Waals surface area contributed by atoms with Gasteiger partial charge in [-0.15, -0.1) is 11.3 Å². The first-order chi connectivity index (χ1) is 15.1. The van der Waals surface area contributed by atoms with E-state index < -0.39 is 0 Å². The molecule has 31 heavy (non-hydrogen) atoms. The van der Waals surface area contributed by atoms with E-state index in [1.54, 1.807) is 23.7 Å². The number of rotatable bonds is 5. The molecule has 1 N–H and O–H groups in total. The number of nitrogens with one attached hydrogen (secondary N) is 1. The largest absolute Gasteiger partial charge is 0.349 e. The highest BCUT2D eigenvalue weighted by Gasteiger charge is 2.18. The second-order valence-electron chi connectivity index (χ2n) is 7.44. The maximum absolute atomic E-state index is 12.5. The number of fused-ring (bicyclic) bond motifs is 2. The van der Waals surface area contributed by atoms with Gasteiger partial charge in [0.1, 0.15) is 22.8 Å². The Labute approximate surface area is 183 Å². The van der Waals surface area contributed by atoms with E-state index in [1.807, 2.05) is 18.2 Å². The second-order valence-corrected chi connectivity index (χ2v) is 8.29. The van der Waals surface area contributed by atoms with Crippen molar-refractivity contribution in [2.24, 2.45) is 0 Å². The van der Waals surface area contributed by atoms with Crippen molar-refractivity contribution in [3.05, 3.63) is 82.0 Å². The number of aryl methyl sites for hydroxylation is 1. The number of thiophene rings is 1. The van der Waals surface area contributed by atoms with E-state index in [9.17, 15) is 4.79 Å². The van der Waals surface area contributed by atoms with E-state index in [0.29, 0.717) is 29.8 Å². The molecule has 7 heteroatoms. The van der Waals surface area contributed by atoms with Gasteiger partial charge in [-0.05, 0) is 31.5 Å². The van der Waals surface area contributed by atoms with Gasteiger partial charge in [0.05, 0.1) is 22.8 Å². The lowest BCUT2D eigenvalue weighted by Gasteiger charge is -2.22. The van der Waals surface area contributed by atoms with Gasteiger partial charge in [0.25, 0.3) is 5.56 Å². The number of para-hydroxylation sites is 1. The average Bonchev–Trinajstić information content (AvgIpc) is 3.22. The van der Waals surface area contributed by atoms with Gasteiger partial charge in [-0.3, -0.25) is 4.79 Å². The number of aromatic nitrogens is 4. The molecule has 0 aliphatic carbocycles. The zero-order chi connectivity index (χ0) is 21.4. The van der Waals surface area contributed by atoms with E-state index in [0.717, 1.165) is 27.2 Å². The molecule has 0 aliphatic rings. The molecule has 0 aliphatic heterocycles. The van der Waals surface area contributed by atoms with Crippen molar-refractivity contribution in [2.45, 2.75) is 20.4 Å². The van der Waals surface area contributed by atoms with Crippen LogP contribution in [0.2, 0.25) is 0 Å². The van der Waals surface area contributed by atoms with Crippen LogP contribution in [0.1, 0.15) is 18.3 Å². The third kappa shape index (κ3) is 3.57. The summed E-state index contributed by atoms with van der Waals surface area (Å²) in [4.78, 5) is 32.3. The first kappa shape index (κ1) is 19.4. The van der Waals surface area contributed by atoms with E-state index in [2.05, 4.69) is 68.3 Å². The highest BCUT2D eigenvalue weighted by molar-refractivity contribution is 7.17. The molecule has 3 heterocycles. The lowest BCUT2D eigenvalue weighted by molar-refractivity contribution is 0.771. The standard InChI is InChI=1S/C24H21N5OS/c1-3-29(12-20-27-19-7-5-4-6-17(19)23(30)28-20)22-21-18(13-31-24(21)26-14-25-22)16-10-8-15(2)9-11-16/h4-11,13-14H,3,12H2,1-2H3,(H,27,28,30). The van der Waals surface area contributed by atoms with Crippen molar-refractivity contribution in [3.8, 4) is 11.1 Å². The summed E-state index contributed by atoms with van der Waals surface area (Å²) in [6.07, 6.45) is 1.60. The van der Waals surface area contributed by atoms with Gasteiger partial charge in [-0.25, -0.2) is 15.0 Å². The van der Waals surface area contributed by atoms with E-state index in [4.69, 9.17) is 0 Å². The Morgan fingerprint density at radius 2 is 1.87 bits per heavy atom. The molecule has 0 unspecified atom stereocenters. The third-order valence-electron chi connectivity index (χ3n) is 5.40. The number of nitrogens with zero attached hydrogens (tertiary/aromatic N) is 4. The normalized spacial score (nSPS) is 11.3. The van der Waals surface area contributed by atoms with Gasteiger partial charge < -0.3 is 9.88 Å². The molecular weight excluding hydrogens is 406 g/mol. The zero-order valence-electron chi connectivity index (χ0n) is 17.3. The summed E-state index contributed by atoms with van der Waals surface area (Å²) in [5.74, 6) is 1.46. The predicted octanol–water partition coefficient (Wildman–Crippen LogP) is 4.93. The quantitative estimate of drug-likeness (QED) is 0.430. The minimum absolute atomic E-state index is 0.125. The minimum Gasteiger partial charge on any atom is -0.349 e. The molecule has 3 aromatic heterocycles. The molecule has 5 rings (SSSR count). The topological polar surface area (TPSA) is 74.8 Å². The van der Waals surface area contributed by atoms with Crippen molar-refractivity contribution < 1.29 is 0 Å². The van der Waals surface area contributed by atoms with Crippen LogP contribution >= 0.6 is 11.3 Å². The fraction of sp³-hybridized carbons (Fsp3) is 0.167. The fourth-order valence-corrected chi connectivity index (χ4v) is 4.68. The molecule has 2 aromatic carbocycles. The minimum atomic E-state index is -0.125. The molecule has 0 fully saturated rings. The van der Waals surface area contributed by atoms with Crippen LogP contribution in [-0.2, 0) is 6.54 Å². The maximum Gasteiger partial charge on any atom is 0.258 e. The zero-order valence-corrected chi connectivity index (χ0v) is 18.1. The summed E-state index contributed by atoms with van der Waals surface area (Å²) in [6, 6.07) is 15.9. The first-order valence-electron chi connectivity index (χ1n) is 10.2. The Kier molecular flexibility index (Phi) is 4.95. The molecule has 6 nitrogen and oxygen atoms in total. The third-order valence-corrected chi connectivity index (χ3v) is 6.28. The van der Waals surface area contributed by atoms with Crippen molar-refractivity contribution in [1.29, 1.82) is 0 Å². The molecule has 0 spiro atoms. The Morgan fingerprint density at radius 1 is 1.06 bits per heavy atom. The maximum atomic E-state index is 12.5. The number of anilines is 1. The SMILES string of the molecule is CCN(Cc1nc2ccccc2c(=O)[nH]1)c1ncnc2scc(-c3ccc(C)cc3)c12. The Bertz CT molecular complexity index is 1440. The van der Waals surface area contributed by atoms with Crippen LogP contribution in [0.4, 0.5) is 5.82 Å². The van der Waals surface area contributed by atoms with Gasteiger partial charge in [-0.1, -0.05) is 42.0 Å². The van der Waals surface area contributed by atoms with Crippen LogP contribution in [0.3, 0.4) is 0 Å². The van der Waals surface area contributed by atoms with Gasteiger partial charge in [0, 0.05) is 17.5 Å². The first-order valence-corrected chi connectivity index (χ1v) is 11.0. The van der Waals surface area contributed by atoms with Crippen molar-refractivity contribution in [3.63, 3.8) is 0 Å². The molecule has 5 aromatic rings. The lowest BCUT2D eigenvalue weighted by atomic mass is 10.0. The van der Waals surface area contributed by atoms with Crippen LogP contribution in [0, 0.1) is 6.92 Å². The van der Waals surface area contributed by atoms with Gasteiger partial charge in [0.15, 0.2) is 0 Å². The van der Waals surface area contributed by atoms with Crippen LogP contribution in [0.25, 0.3) is 32.2 Å². The van der Waals surface area contributed by atoms with Gasteiger partial charge >= 0.3 is 0 Å². The van der Waals surface area contributed by atoms with Crippen LogP contribution in [0.5, 0.6) is 0 Å². The van der Waals surface area contributed by atoms with E-state index in [1.165, 1.54) is 5.56 Å². The number of H-pyrrole nitrogens is 1. The molecule has 0 amide bonds. The fourth-order valence-electron chi connectivity index (χ4n) is 3.77. The molecule has 0 saturated heterocycles. The number of aromatic amines is 1. The number of hydrogen-bond donors (Lipinski definition) is 1. The monoisotopic (exact) mass is 427 g/mol. The van der Waals surface area contributed by atoms with Crippen LogP contribution < -0.4 is 10.5 Å². The molecule has 0 bridgehead atoms. The van der Waals surface area contributed by atoms with Crippen LogP contribution in [-0.4, -0.2) is 26.5 Å². The molecule has 154 valence electrons. The predicted molar refractivity (Wildman–Crippen MR) is 127 cm³/mol. The summed E-state index contributed by atoms with van der Waals surface area (Å²) >= 11 is 1.61. The molecule has 0 atom stereocenters. The van der Waals surface area contributed by atoms with Crippen molar-refractivity contribution in [2.75, 3.05) is 11.4 Å². The van der Waals surface area contributed by atoms with Crippen molar-refractivity contribution in [1.82, 2.24) is 19.9 Å². The summed E-state index contributed by atoms with van der Waals surface area (Å²) in [5.41, 5.74) is 4.05. The smallest absolute Gasteiger partial charge is 0.258 e. The average molecular weight is 428 g/mol. The van der Waals surface area contributed by atoms with Gasteiger partial charge in [-0.2, -0.15) is 0 Å². The summed E-state index contributed by atoms with van der Waals surface area (Å²) in [6.45, 7) is 5.32. The van der Waals surface area contributed by atoms with Gasteiger partial charge in [0.2, 0.25) is 0 Å². The highest BCUT2D eigenvalue weighted by Crippen LogP contribution is 2.38. The summed E-state index contributed by atoms with van der Waals surface area (Å²) in [5, 5.41) is 3.76. The van der Waals surface area contributed by atoms with Crippen LogP contribution in [0.15, 0.2) is 65.0 Å². The Balaban J connectivity index is 1.60. The summed E-state index contributed by atoms with van der Waals surface area (Å²) < 4.78 is 0. The molecule has 0 saturated carbocycles. The number of benzene rings is 2. The van der Waals surface area contributed by atoms with Crippen molar-refractivity contribution >= 4 is 38.3 Å². The van der Waals surface area contributed by atoms with E-state index >= 15 is 0 Å². The summed E-state index contributed by atoms with van der Waals surface area (Å²) in [7, 11) is 0. The number of hydrogen-bond acceptors (Lipinski definition) is 6. The van der Waals surface area contributed by atoms with E-state index in [-0.39, 0.29) is 5.56 Å².